The molecule has 0 aliphatic heterocycles. The molecule has 1 atom stereocenters. The summed E-state index contributed by atoms with van der Waals surface area (Å²) in [4.78, 5) is 31.9. The van der Waals surface area contributed by atoms with Crippen molar-refractivity contribution in [3.63, 3.8) is 0 Å². The van der Waals surface area contributed by atoms with Gasteiger partial charge in [-0.05, 0) is 44.2 Å². The number of benzene rings is 2. The van der Waals surface area contributed by atoms with Crippen LogP contribution in [-0.4, -0.2) is 27.8 Å². The van der Waals surface area contributed by atoms with Crippen LogP contribution in [0.15, 0.2) is 63.0 Å². The second-order valence-electron chi connectivity index (χ2n) is 6.10. The molecule has 27 heavy (non-hydrogen) atoms. The molecule has 1 heterocycles. The van der Waals surface area contributed by atoms with Crippen LogP contribution in [0.2, 0.25) is 0 Å². The zero-order chi connectivity index (χ0) is 19.6. The highest BCUT2D eigenvalue weighted by atomic mass is 79.9. The zero-order valence-electron chi connectivity index (χ0n) is 15.3. The fourth-order valence-corrected chi connectivity index (χ4v) is 4.23. The van der Waals surface area contributed by atoms with Gasteiger partial charge in [0.25, 0.3) is 5.56 Å². The minimum atomic E-state index is -0.382. The lowest BCUT2D eigenvalue weighted by atomic mass is 10.2. The Morgan fingerprint density at radius 3 is 2.63 bits per heavy atom. The highest BCUT2D eigenvalue weighted by Crippen LogP contribution is 2.26. The van der Waals surface area contributed by atoms with Crippen LogP contribution >= 0.6 is 27.7 Å². The molecule has 0 saturated heterocycles. The number of para-hydroxylation sites is 1. The third-order valence-corrected chi connectivity index (χ3v) is 5.87. The lowest BCUT2D eigenvalue weighted by molar-refractivity contribution is -0.117. The summed E-state index contributed by atoms with van der Waals surface area (Å²) in [5, 5.41) is 0.739. The van der Waals surface area contributed by atoms with Crippen LogP contribution in [-0.2, 0) is 11.3 Å². The van der Waals surface area contributed by atoms with E-state index in [-0.39, 0.29) is 16.7 Å². The maximum atomic E-state index is 12.8. The zero-order valence-corrected chi connectivity index (χ0v) is 17.8. The standard InChI is InChI=1S/C20H20BrN3O2S/c1-4-24-19(26)16-12-14(21)10-11-17(16)22-20(24)27-13(2)18(25)23(3)15-8-6-5-7-9-15/h5-13H,4H2,1-3H3. The molecule has 0 bridgehead atoms. The molecule has 0 saturated carbocycles. The summed E-state index contributed by atoms with van der Waals surface area (Å²) in [5.74, 6) is -0.0426. The van der Waals surface area contributed by atoms with Crippen molar-refractivity contribution in [2.75, 3.05) is 11.9 Å². The van der Waals surface area contributed by atoms with Crippen LogP contribution in [0, 0.1) is 0 Å². The van der Waals surface area contributed by atoms with Gasteiger partial charge in [-0.2, -0.15) is 0 Å². The normalized spacial score (nSPS) is 12.1. The van der Waals surface area contributed by atoms with Gasteiger partial charge < -0.3 is 4.90 Å². The number of aromatic nitrogens is 2. The van der Waals surface area contributed by atoms with Crippen LogP contribution in [0.4, 0.5) is 5.69 Å². The van der Waals surface area contributed by atoms with E-state index in [1.165, 1.54) is 11.8 Å². The van der Waals surface area contributed by atoms with E-state index in [1.807, 2.05) is 56.3 Å². The molecule has 1 unspecified atom stereocenters. The van der Waals surface area contributed by atoms with Crippen molar-refractivity contribution in [1.82, 2.24) is 9.55 Å². The van der Waals surface area contributed by atoms with Crippen molar-refractivity contribution in [3.8, 4) is 0 Å². The molecule has 0 radical (unpaired) electrons. The highest BCUT2D eigenvalue weighted by molar-refractivity contribution is 9.10. The van der Waals surface area contributed by atoms with E-state index in [0.717, 1.165) is 10.2 Å². The average Bonchev–Trinajstić information content (AvgIpc) is 2.68. The molecule has 7 heteroatoms. The monoisotopic (exact) mass is 445 g/mol. The van der Waals surface area contributed by atoms with Gasteiger partial charge in [0.05, 0.1) is 16.2 Å². The van der Waals surface area contributed by atoms with Crippen molar-refractivity contribution in [2.45, 2.75) is 30.8 Å². The van der Waals surface area contributed by atoms with Gasteiger partial charge >= 0.3 is 0 Å². The van der Waals surface area contributed by atoms with E-state index in [1.54, 1.807) is 22.6 Å². The summed E-state index contributed by atoms with van der Waals surface area (Å²) in [5.41, 5.74) is 1.37. The predicted molar refractivity (Wildman–Crippen MR) is 115 cm³/mol. The number of anilines is 1. The summed E-state index contributed by atoms with van der Waals surface area (Å²) in [6.07, 6.45) is 0. The average molecular weight is 446 g/mol. The number of hydrogen-bond donors (Lipinski definition) is 0. The van der Waals surface area contributed by atoms with Gasteiger partial charge in [-0.1, -0.05) is 45.9 Å². The Morgan fingerprint density at radius 1 is 1.26 bits per heavy atom. The molecule has 0 aliphatic rings. The molecular formula is C20H20BrN3O2S. The summed E-state index contributed by atoms with van der Waals surface area (Å²) in [6, 6.07) is 14.9. The van der Waals surface area contributed by atoms with Crippen molar-refractivity contribution < 1.29 is 4.79 Å². The summed E-state index contributed by atoms with van der Waals surface area (Å²) in [7, 11) is 1.76. The van der Waals surface area contributed by atoms with E-state index in [4.69, 9.17) is 0 Å². The van der Waals surface area contributed by atoms with Crippen molar-refractivity contribution in [3.05, 3.63) is 63.4 Å². The van der Waals surface area contributed by atoms with Gasteiger partial charge in [0, 0.05) is 23.8 Å². The molecule has 0 N–H and O–H groups in total. The molecule has 1 aromatic heterocycles. The summed E-state index contributed by atoms with van der Waals surface area (Å²) in [6.45, 7) is 4.23. The maximum absolute atomic E-state index is 12.8. The first-order valence-corrected chi connectivity index (χ1v) is 10.3. The first kappa shape index (κ1) is 19.6. The summed E-state index contributed by atoms with van der Waals surface area (Å²) >= 11 is 4.71. The van der Waals surface area contributed by atoms with Crippen LogP contribution in [0.25, 0.3) is 10.9 Å². The molecule has 0 fully saturated rings. The first-order valence-electron chi connectivity index (χ1n) is 8.61. The smallest absolute Gasteiger partial charge is 0.262 e. The Labute approximate surface area is 170 Å². The second-order valence-corrected chi connectivity index (χ2v) is 8.32. The Bertz CT molecular complexity index is 1040. The molecule has 140 valence electrons. The van der Waals surface area contributed by atoms with Gasteiger partial charge in [0.15, 0.2) is 5.16 Å². The van der Waals surface area contributed by atoms with E-state index in [2.05, 4.69) is 20.9 Å². The minimum Gasteiger partial charge on any atom is -0.315 e. The van der Waals surface area contributed by atoms with Gasteiger partial charge in [0.1, 0.15) is 0 Å². The number of nitrogens with zero attached hydrogens (tertiary/aromatic N) is 3. The topological polar surface area (TPSA) is 55.2 Å². The van der Waals surface area contributed by atoms with Crippen LogP contribution in [0.5, 0.6) is 0 Å². The first-order chi connectivity index (χ1) is 12.9. The molecule has 3 rings (SSSR count). The predicted octanol–water partition coefficient (Wildman–Crippen LogP) is 4.32. The number of carbonyl (C=O) groups excluding carboxylic acids is 1. The largest absolute Gasteiger partial charge is 0.315 e. The van der Waals surface area contributed by atoms with Crippen molar-refractivity contribution in [2.24, 2.45) is 0 Å². The minimum absolute atomic E-state index is 0.0426. The third kappa shape index (κ3) is 4.09. The number of thioether (sulfide) groups is 1. The number of carbonyl (C=O) groups is 1. The van der Waals surface area contributed by atoms with Gasteiger partial charge in [-0.25, -0.2) is 4.98 Å². The fraction of sp³-hybridized carbons (Fsp3) is 0.250. The van der Waals surface area contributed by atoms with Crippen molar-refractivity contribution >= 4 is 50.2 Å². The van der Waals surface area contributed by atoms with Crippen LogP contribution in [0.3, 0.4) is 0 Å². The Hall–Kier alpha value is -2.12. The molecule has 0 spiro atoms. The lowest BCUT2D eigenvalue weighted by Gasteiger charge is -2.22. The molecule has 0 aliphatic carbocycles. The number of amides is 1. The summed E-state index contributed by atoms with van der Waals surface area (Å²) < 4.78 is 2.45. The number of halogens is 1. The van der Waals surface area contributed by atoms with Crippen LogP contribution in [0.1, 0.15) is 13.8 Å². The highest BCUT2D eigenvalue weighted by Gasteiger charge is 2.22. The lowest BCUT2D eigenvalue weighted by Crippen LogP contribution is -2.34. The molecule has 3 aromatic rings. The van der Waals surface area contributed by atoms with E-state index in [0.29, 0.717) is 22.6 Å². The van der Waals surface area contributed by atoms with Crippen molar-refractivity contribution in [1.29, 1.82) is 0 Å². The van der Waals surface area contributed by atoms with Gasteiger partial charge in [-0.15, -0.1) is 0 Å². The molecule has 2 aromatic carbocycles. The Kier molecular flexibility index (Phi) is 6.01. The fourth-order valence-electron chi connectivity index (χ4n) is 2.80. The molecule has 5 nitrogen and oxygen atoms in total. The van der Waals surface area contributed by atoms with E-state index < -0.39 is 0 Å². The SMILES string of the molecule is CCn1c(SC(C)C(=O)N(C)c2ccccc2)nc2ccc(Br)cc2c1=O. The number of rotatable bonds is 5. The Morgan fingerprint density at radius 2 is 1.96 bits per heavy atom. The number of hydrogen-bond acceptors (Lipinski definition) is 4. The second kappa shape index (κ2) is 8.27. The molecular weight excluding hydrogens is 426 g/mol. The quantitative estimate of drug-likeness (QED) is 0.433. The third-order valence-electron chi connectivity index (χ3n) is 4.30. The van der Waals surface area contributed by atoms with Gasteiger partial charge in [-0.3, -0.25) is 14.2 Å². The van der Waals surface area contributed by atoms with E-state index in [9.17, 15) is 9.59 Å². The maximum Gasteiger partial charge on any atom is 0.262 e. The van der Waals surface area contributed by atoms with Gasteiger partial charge in [0.2, 0.25) is 5.91 Å². The van der Waals surface area contributed by atoms with Crippen LogP contribution < -0.4 is 10.5 Å². The number of fused-ring (bicyclic) bond motifs is 1. The molecule has 1 amide bonds. The Balaban J connectivity index is 1.92. The van der Waals surface area contributed by atoms with E-state index >= 15 is 0 Å².